The van der Waals surface area contributed by atoms with Gasteiger partial charge in [-0.05, 0) is 18.1 Å². The van der Waals surface area contributed by atoms with Gasteiger partial charge in [0.25, 0.3) is 0 Å². The van der Waals surface area contributed by atoms with Crippen molar-refractivity contribution >= 4 is 0 Å². The fourth-order valence-corrected chi connectivity index (χ4v) is 1.12. The maximum atomic E-state index is 9.36. The van der Waals surface area contributed by atoms with Gasteiger partial charge in [-0.15, -0.1) is 0 Å². The Hall–Kier alpha value is -1.14. The zero-order valence-electron chi connectivity index (χ0n) is 7.46. The van der Waals surface area contributed by atoms with Crippen LogP contribution >= 0.6 is 0 Å². The minimum atomic E-state index is -1.09. The maximum Gasteiger partial charge on any atom is 0.224 e. The van der Waals surface area contributed by atoms with Crippen LogP contribution in [0.15, 0.2) is 24.3 Å². The van der Waals surface area contributed by atoms with Crippen LogP contribution in [0.3, 0.4) is 0 Å². The molecule has 14 heavy (non-hydrogen) atoms. The maximum absolute atomic E-state index is 9.36. The summed E-state index contributed by atoms with van der Waals surface area (Å²) in [5, 5.41) is 25.8. The van der Waals surface area contributed by atoms with Crippen LogP contribution in [0.5, 0.6) is 5.75 Å². The third-order valence-corrected chi connectivity index (χ3v) is 1.88. The molecule has 0 aromatic heterocycles. The number of aromatic hydroxyl groups is 1. The second-order valence-corrected chi connectivity index (χ2v) is 2.81. The average molecular weight is 200 g/mol. The molecule has 1 aromatic carbocycles. The average Bonchev–Trinajstić information content (AvgIpc) is 2.22. The monoisotopic (exact) mass is 200 g/mol. The van der Waals surface area contributed by atoms with E-state index in [4.69, 9.17) is 10.5 Å². The fraction of sp³-hybridized carbons (Fsp3) is 0.333. The molecule has 0 radical (unpaired) electrons. The van der Waals surface area contributed by atoms with Gasteiger partial charge in [-0.25, -0.2) is 20.3 Å². The highest BCUT2D eigenvalue weighted by molar-refractivity contribution is 5.31. The lowest BCUT2D eigenvalue weighted by atomic mass is 10.1. The Bertz CT molecular complexity index is 272. The Balaban J connectivity index is 2.49. The van der Waals surface area contributed by atoms with Crippen LogP contribution in [-0.4, -0.2) is 21.9 Å². The molecular formula is C9H12O5. The van der Waals surface area contributed by atoms with E-state index in [0.717, 1.165) is 0 Å². The predicted molar refractivity (Wildman–Crippen MR) is 47.6 cm³/mol. The van der Waals surface area contributed by atoms with E-state index in [2.05, 4.69) is 9.78 Å². The van der Waals surface area contributed by atoms with E-state index >= 15 is 0 Å². The van der Waals surface area contributed by atoms with Crippen LogP contribution in [0.25, 0.3) is 0 Å². The standard InChI is InChI=1S/C9H12O5/c10-8-4-2-1-3-7(8)5-6-9(13-11)14-12/h1-4,9-12H,5-6H2. The van der Waals surface area contributed by atoms with Crippen molar-refractivity contribution in [3.63, 3.8) is 0 Å². The molecule has 0 aliphatic heterocycles. The first kappa shape index (κ1) is 10.9. The number of rotatable bonds is 5. The molecule has 5 nitrogen and oxygen atoms in total. The zero-order valence-corrected chi connectivity index (χ0v) is 7.46. The van der Waals surface area contributed by atoms with Crippen LogP contribution in [0.4, 0.5) is 0 Å². The van der Waals surface area contributed by atoms with Gasteiger partial charge in [0.1, 0.15) is 5.75 Å². The van der Waals surface area contributed by atoms with E-state index in [1.165, 1.54) is 0 Å². The minimum Gasteiger partial charge on any atom is -0.508 e. The third-order valence-electron chi connectivity index (χ3n) is 1.88. The molecule has 78 valence electrons. The molecule has 0 aliphatic carbocycles. The predicted octanol–water partition coefficient (Wildman–Crippen LogP) is 1.63. The minimum absolute atomic E-state index is 0.169. The summed E-state index contributed by atoms with van der Waals surface area (Å²) in [6, 6.07) is 6.79. The lowest BCUT2D eigenvalue weighted by molar-refractivity contribution is -0.432. The van der Waals surface area contributed by atoms with Gasteiger partial charge in [0.15, 0.2) is 0 Å². The molecule has 0 amide bonds. The molecule has 0 heterocycles. The fourth-order valence-electron chi connectivity index (χ4n) is 1.12. The molecule has 0 bridgehead atoms. The molecular weight excluding hydrogens is 188 g/mol. The summed E-state index contributed by atoms with van der Waals surface area (Å²) in [5.41, 5.74) is 0.701. The van der Waals surface area contributed by atoms with Crippen molar-refractivity contribution in [3.8, 4) is 5.75 Å². The summed E-state index contributed by atoms with van der Waals surface area (Å²) in [6.45, 7) is 0. The van der Waals surface area contributed by atoms with E-state index in [-0.39, 0.29) is 12.2 Å². The van der Waals surface area contributed by atoms with Gasteiger partial charge in [0.05, 0.1) is 0 Å². The number of phenolic OH excluding ortho intramolecular Hbond substituents is 1. The summed E-state index contributed by atoms with van der Waals surface area (Å²) in [4.78, 5) is 7.61. The first-order valence-corrected chi connectivity index (χ1v) is 4.15. The van der Waals surface area contributed by atoms with Gasteiger partial charge in [-0.1, -0.05) is 18.2 Å². The van der Waals surface area contributed by atoms with Crippen molar-refractivity contribution in [2.75, 3.05) is 0 Å². The highest BCUT2D eigenvalue weighted by atomic mass is 17.2. The summed E-state index contributed by atoms with van der Waals surface area (Å²) in [7, 11) is 0. The topological polar surface area (TPSA) is 79.2 Å². The smallest absolute Gasteiger partial charge is 0.224 e. The molecule has 5 heteroatoms. The SMILES string of the molecule is OOC(CCc1ccccc1O)OO. The Morgan fingerprint density at radius 2 is 1.79 bits per heavy atom. The van der Waals surface area contributed by atoms with Crippen molar-refractivity contribution in [3.05, 3.63) is 29.8 Å². The van der Waals surface area contributed by atoms with Crippen LogP contribution in [0.2, 0.25) is 0 Å². The zero-order chi connectivity index (χ0) is 10.4. The van der Waals surface area contributed by atoms with Crippen LogP contribution in [0, 0.1) is 0 Å². The van der Waals surface area contributed by atoms with Gasteiger partial charge in [0, 0.05) is 6.42 Å². The molecule has 0 spiro atoms. The Kier molecular flexibility index (Phi) is 4.34. The number of aryl methyl sites for hydroxylation is 1. The molecule has 0 atom stereocenters. The van der Waals surface area contributed by atoms with Gasteiger partial charge in [-0.3, -0.25) is 0 Å². The van der Waals surface area contributed by atoms with Crippen molar-refractivity contribution < 1.29 is 25.4 Å². The quantitative estimate of drug-likeness (QED) is 0.382. The van der Waals surface area contributed by atoms with E-state index in [1.807, 2.05) is 0 Å². The van der Waals surface area contributed by atoms with Crippen molar-refractivity contribution in [1.29, 1.82) is 0 Å². The number of benzene rings is 1. The van der Waals surface area contributed by atoms with Gasteiger partial charge in [0.2, 0.25) is 6.29 Å². The van der Waals surface area contributed by atoms with E-state index in [0.29, 0.717) is 12.0 Å². The lowest BCUT2D eigenvalue weighted by Crippen LogP contribution is -2.14. The second kappa shape index (κ2) is 5.56. The van der Waals surface area contributed by atoms with Crippen molar-refractivity contribution in [2.45, 2.75) is 19.1 Å². The lowest BCUT2D eigenvalue weighted by Gasteiger charge is -2.09. The highest BCUT2D eigenvalue weighted by Gasteiger charge is 2.10. The van der Waals surface area contributed by atoms with Crippen LogP contribution in [0.1, 0.15) is 12.0 Å². The molecule has 0 unspecified atom stereocenters. The van der Waals surface area contributed by atoms with Gasteiger partial charge in [-0.2, -0.15) is 0 Å². The number of hydrogen-bond acceptors (Lipinski definition) is 5. The molecule has 0 saturated carbocycles. The van der Waals surface area contributed by atoms with Gasteiger partial charge < -0.3 is 5.11 Å². The summed E-state index contributed by atoms with van der Waals surface area (Å²) < 4.78 is 0. The van der Waals surface area contributed by atoms with Crippen molar-refractivity contribution in [1.82, 2.24) is 0 Å². The number of para-hydroxylation sites is 1. The van der Waals surface area contributed by atoms with Gasteiger partial charge >= 0.3 is 0 Å². The largest absolute Gasteiger partial charge is 0.508 e. The molecule has 0 saturated heterocycles. The van der Waals surface area contributed by atoms with E-state index in [1.54, 1.807) is 24.3 Å². The molecule has 0 fully saturated rings. The molecule has 3 N–H and O–H groups in total. The highest BCUT2D eigenvalue weighted by Crippen LogP contribution is 2.18. The van der Waals surface area contributed by atoms with E-state index < -0.39 is 6.29 Å². The molecule has 1 rings (SSSR count). The first-order chi connectivity index (χ1) is 6.77. The van der Waals surface area contributed by atoms with Crippen LogP contribution < -0.4 is 0 Å². The Morgan fingerprint density at radius 1 is 1.14 bits per heavy atom. The summed E-state index contributed by atoms with van der Waals surface area (Å²) in [6.07, 6.45) is -0.419. The van der Waals surface area contributed by atoms with Crippen LogP contribution in [-0.2, 0) is 16.2 Å². The summed E-state index contributed by atoms with van der Waals surface area (Å²) in [5.74, 6) is 0.169. The number of hydrogen-bond donors (Lipinski definition) is 3. The Morgan fingerprint density at radius 3 is 2.36 bits per heavy atom. The van der Waals surface area contributed by atoms with Crippen molar-refractivity contribution in [2.24, 2.45) is 0 Å². The first-order valence-electron chi connectivity index (χ1n) is 4.15. The molecule has 0 aliphatic rings. The normalized spacial score (nSPS) is 10.8. The molecule has 1 aromatic rings. The number of phenols is 1. The summed E-state index contributed by atoms with van der Waals surface area (Å²) >= 11 is 0. The second-order valence-electron chi connectivity index (χ2n) is 2.81. The van der Waals surface area contributed by atoms with E-state index in [9.17, 15) is 5.11 Å². The third kappa shape index (κ3) is 2.97. The Labute approximate surface area is 81.0 Å².